The molecule has 0 aromatic rings. The second-order valence-corrected chi connectivity index (χ2v) is 13.8. The largest absolute Gasteiger partial charge is 0.369 e. The van der Waals surface area contributed by atoms with Gasteiger partial charge in [0.25, 0.3) is 0 Å². The second kappa shape index (κ2) is 8.16. The number of hydrogen-bond donors (Lipinski definition) is 1. The standard InChI is InChI=1S/C28H48O5/c1-19(2)14-25(6,24(3,4)5)23(29)33-28-16-20-15-27(28,31-21-10-7-8-11-21)17-26(20,18-28)32-22-12-9-13-30-22/h19-23,29H,7-18H2,1-6H3. The van der Waals surface area contributed by atoms with Crippen molar-refractivity contribution in [2.24, 2.45) is 22.7 Å². The lowest BCUT2D eigenvalue weighted by Gasteiger charge is -2.50. The molecule has 0 amide bonds. The third-order valence-electron chi connectivity index (χ3n) is 10.3. The summed E-state index contributed by atoms with van der Waals surface area (Å²) in [7, 11) is 0. The maximum absolute atomic E-state index is 11.8. The molecule has 6 aliphatic rings. The van der Waals surface area contributed by atoms with Gasteiger partial charge in [-0.2, -0.15) is 0 Å². The van der Waals surface area contributed by atoms with Gasteiger partial charge in [-0.15, -0.1) is 0 Å². The summed E-state index contributed by atoms with van der Waals surface area (Å²) in [5, 5.41) is 11.8. The zero-order chi connectivity index (χ0) is 23.7. The van der Waals surface area contributed by atoms with Crippen molar-refractivity contribution >= 4 is 0 Å². The molecule has 5 heteroatoms. The molecule has 7 atom stereocenters. The smallest absolute Gasteiger partial charge is 0.161 e. The normalized spacial score (nSPS) is 43.3. The molecular weight excluding hydrogens is 416 g/mol. The molecule has 0 aromatic carbocycles. The summed E-state index contributed by atoms with van der Waals surface area (Å²) >= 11 is 0. The van der Waals surface area contributed by atoms with E-state index in [1.165, 1.54) is 12.8 Å². The van der Waals surface area contributed by atoms with Gasteiger partial charge in [-0.25, -0.2) is 0 Å². The Balaban J connectivity index is 1.43. The Bertz CT molecular complexity index is 720. The number of ether oxygens (including phenoxy) is 4. The van der Waals surface area contributed by atoms with Crippen LogP contribution in [0, 0.1) is 22.7 Å². The average molecular weight is 465 g/mol. The van der Waals surface area contributed by atoms with Crippen LogP contribution in [-0.2, 0) is 18.9 Å². The zero-order valence-electron chi connectivity index (χ0n) is 22.0. The Hall–Kier alpha value is -0.200. The Labute approximate surface area is 201 Å². The number of aliphatic hydroxyl groups is 1. The topological polar surface area (TPSA) is 57.2 Å². The summed E-state index contributed by atoms with van der Waals surface area (Å²) in [5.74, 6) is 0.915. The molecule has 0 spiro atoms. The van der Waals surface area contributed by atoms with Crippen molar-refractivity contribution in [2.75, 3.05) is 6.61 Å². The quantitative estimate of drug-likeness (QED) is 0.426. The van der Waals surface area contributed by atoms with Crippen molar-refractivity contribution in [3.63, 3.8) is 0 Å². The van der Waals surface area contributed by atoms with Crippen molar-refractivity contribution in [1.82, 2.24) is 0 Å². The molecule has 190 valence electrons. The number of rotatable bonds is 9. The zero-order valence-corrected chi connectivity index (χ0v) is 22.0. The highest BCUT2D eigenvalue weighted by atomic mass is 16.7. The first-order valence-electron chi connectivity index (χ1n) is 13.8. The first kappa shape index (κ1) is 24.5. The molecule has 33 heavy (non-hydrogen) atoms. The highest BCUT2D eigenvalue weighted by Crippen LogP contribution is 2.74. The highest BCUT2D eigenvalue weighted by molar-refractivity contribution is 5.32. The molecule has 5 aliphatic carbocycles. The van der Waals surface area contributed by atoms with Crippen LogP contribution in [0.15, 0.2) is 0 Å². The molecule has 0 radical (unpaired) electrons. The van der Waals surface area contributed by atoms with E-state index in [4.69, 9.17) is 18.9 Å². The lowest BCUT2D eigenvalue weighted by molar-refractivity contribution is -0.297. The van der Waals surface area contributed by atoms with Gasteiger partial charge in [0.2, 0.25) is 0 Å². The molecule has 1 saturated heterocycles. The molecule has 1 aliphatic heterocycles. The van der Waals surface area contributed by atoms with Gasteiger partial charge < -0.3 is 24.1 Å². The van der Waals surface area contributed by atoms with E-state index >= 15 is 0 Å². The summed E-state index contributed by atoms with van der Waals surface area (Å²) < 4.78 is 26.6. The van der Waals surface area contributed by atoms with E-state index in [-0.39, 0.29) is 28.3 Å². The van der Waals surface area contributed by atoms with E-state index in [2.05, 4.69) is 41.5 Å². The minimum absolute atomic E-state index is 0.0851. The van der Waals surface area contributed by atoms with Crippen molar-refractivity contribution in [3.05, 3.63) is 0 Å². The van der Waals surface area contributed by atoms with Crippen LogP contribution in [0.3, 0.4) is 0 Å². The Morgan fingerprint density at radius 1 is 0.939 bits per heavy atom. The van der Waals surface area contributed by atoms with Crippen LogP contribution < -0.4 is 0 Å². The van der Waals surface area contributed by atoms with Gasteiger partial charge in [0.1, 0.15) is 11.2 Å². The fraction of sp³-hybridized carbons (Fsp3) is 1.00. The van der Waals surface area contributed by atoms with Crippen LogP contribution in [0.5, 0.6) is 0 Å². The maximum Gasteiger partial charge on any atom is 0.161 e. The van der Waals surface area contributed by atoms with Gasteiger partial charge in [0.15, 0.2) is 12.6 Å². The number of aliphatic hydroxyl groups excluding tert-OH is 1. The van der Waals surface area contributed by atoms with Gasteiger partial charge in [0, 0.05) is 31.3 Å². The Morgan fingerprint density at radius 2 is 1.61 bits per heavy atom. The first-order valence-corrected chi connectivity index (χ1v) is 13.8. The van der Waals surface area contributed by atoms with Crippen LogP contribution in [0.2, 0.25) is 0 Å². The molecule has 1 N–H and O–H groups in total. The highest BCUT2D eigenvalue weighted by Gasteiger charge is 2.82. The molecule has 6 rings (SSSR count). The van der Waals surface area contributed by atoms with Gasteiger partial charge in [-0.1, -0.05) is 54.4 Å². The predicted octanol–water partition coefficient (Wildman–Crippen LogP) is 5.97. The fourth-order valence-electron chi connectivity index (χ4n) is 8.17. The summed E-state index contributed by atoms with van der Waals surface area (Å²) in [6.07, 6.45) is 10.9. The van der Waals surface area contributed by atoms with E-state index < -0.39 is 11.9 Å². The SMILES string of the molecule is CC(C)CC(C)(C(O)OC12CC3CC1(OC1CCCC1)CC3(OC1CCCO1)C2)C(C)(C)C. The molecule has 0 aromatic heterocycles. The van der Waals surface area contributed by atoms with Crippen LogP contribution in [-0.4, -0.2) is 47.2 Å². The minimum Gasteiger partial charge on any atom is -0.369 e. The van der Waals surface area contributed by atoms with Gasteiger partial charge in [-0.05, 0) is 55.8 Å². The van der Waals surface area contributed by atoms with Crippen molar-refractivity contribution in [3.8, 4) is 0 Å². The van der Waals surface area contributed by atoms with Crippen LogP contribution in [0.25, 0.3) is 0 Å². The van der Waals surface area contributed by atoms with E-state index in [0.717, 1.165) is 64.4 Å². The molecule has 5 nitrogen and oxygen atoms in total. The lowest BCUT2D eigenvalue weighted by atomic mass is 9.63. The van der Waals surface area contributed by atoms with Crippen LogP contribution in [0.4, 0.5) is 0 Å². The van der Waals surface area contributed by atoms with Crippen molar-refractivity contribution in [1.29, 1.82) is 0 Å². The number of hydrogen-bond acceptors (Lipinski definition) is 5. The van der Waals surface area contributed by atoms with Crippen LogP contribution in [0.1, 0.15) is 112 Å². The van der Waals surface area contributed by atoms with Crippen LogP contribution >= 0.6 is 0 Å². The van der Waals surface area contributed by atoms with Crippen molar-refractivity contribution < 1.29 is 24.1 Å². The summed E-state index contributed by atoms with van der Waals surface area (Å²) in [5.41, 5.74) is -1.44. The van der Waals surface area contributed by atoms with E-state index in [1.54, 1.807) is 0 Å². The van der Waals surface area contributed by atoms with Gasteiger partial charge >= 0.3 is 0 Å². The molecule has 4 bridgehead atoms. The third-order valence-corrected chi connectivity index (χ3v) is 10.3. The molecular formula is C28H48O5. The predicted molar refractivity (Wildman–Crippen MR) is 128 cm³/mol. The van der Waals surface area contributed by atoms with E-state index in [9.17, 15) is 5.11 Å². The summed E-state index contributed by atoms with van der Waals surface area (Å²) in [4.78, 5) is 0. The third kappa shape index (κ3) is 3.84. The van der Waals surface area contributed by atoms with Crippen molar-refractivity contribution in [2.45, 2.75) is 148 Å². The Kier molecular flexibility index (Phi) is 6.06. The Morgan fingerprint density at radius 3 is 2.21 bits per heavy atom. The second-order valence-electron chi connectivity index (χ2n) is 13.8. The lowest BCUT2D eigenvalue weighted by Crippen LogP contribution is -2.56. The monoisotopic (exact) mass is 464 g/mol. The van der Waals surface area contributed by atoms with E-state index in [1.807, 2.05) is 0 Å². The summed E-state index contributed by atoms with van der Waals surface area (Å²) in [6.45, 7) is 14.2. The minimum atomic E-state index is -0.832. The first-order chi connectivity index (χ1) is 15.4. The maximum atomic E-state index is 11.8. The van der Waals surface area contributed by atoms with E-state index in [0.29, 0.717) is 17.9 Å². The fourth-order valence-corrected chi connectivity index (χ4v) is 8.17. The summed E-state index contributed by atoms with van der Waals surface area (Å²) in [6, 6.07) is 0. The molecule has 6 fully saturated rings. The molecule has 1 heterocycles. The van der Waals surface area contributed by atoms with Gasteiger partial charge in [0.05, 0.1) is 11.7 Å². The molecule has 7 unspecified atom stereocenters. The van der Waals surface area contributed by atoms with Gasteiger partial charge in [-0.3, -0.25) is 0 Å². The molecule has 5 saturated carbocycles. The average Bonchev–Trinajstić information content (AvgIpc) is 3.49.